The summed E-state index contributed by atoms with van der Waals surface area (Å²) in [5.41, 5.74) is 3.76. The molecule has 4 aromatic heterocycles. The minimum atomic E-state index is -0.495. The number of halogens is 1. The molecule has 0 saturated heterocycles. The third kappa shape index (κ3) is 4.57. The lowest BCUT2D eigenvalue weighted by molar-refractivity contribution is -0.124. The van der Waals surface area contributed by atoms with E-state index in [4.69, 9.17) is 5.11 Å². The predicted octanol–water partition coefficient (Wildman–Crippen LogP) is 3.66. The Hall–Kier alpha value is -3.75. The van der Waals surface area contributed by atoms with Gasteiger partial charge in [-0.05, 0) is 50.8 Å². The van der Waals surface area contributed by atoms with Gasteiger partial charge in [0.05, 0.1) is 29.5 Å². The molecule has 5 rings (SSSR count). The lowest BCUT2D eigenvalue weighted by Crippen LogP contribution is -2.39. The molecule has 0 radical (unpaired) electrons. The van der Waals surface area contributed by atoms with Gasteiger partial charge in [-0.3, -0.25) is 9.48 Å². The van der Waals surface area contributed by atoms with Gasteiger partial charge in [0.2, 0.25) is 5.91 Å². The van der Waals surface area contributed by atoms with Crippen molar-refractivity contribution in [3.63, 3.8) is 0 Å². The number of rotatable bonds is 6. The first-order chi connectivity index (χ1) is 17.5. The standard InChI is InChI=1S/C25H24FN7O2S/c1-15-20(12-30-33(15)19-6-4-18(5-7-19)31-23(35)14-34)16-9-22(36-25-21(26)3-2-8-28-25)24-17(10-27)11-29-32(24)13-16/h2-3,8-9,11-13,18-19,34H,4-7,14H2,1H3,(H,31,35). The third-order valence-corrected chi connectivity index (χ3v) is 7.56. The number of pyridine rings is 2. The molecule has 1 aliphatic rings. The highest BCUT2D eigenvalue weighted by molar-refractivity contribution is 7.99. The SMILES string of the molecule is Cc1c(-c2cc(Sc3ncccc3F)c3c(C#N)cnn3c2)cnn1C1CCC(NC(=O)CO)CC1. The Morgan fingerprint density at radius 1 is 1.31 bits per heavy atom. The van der Waals surface area contributed by atoms with E-state index in [2.05, 4.69) is 26.6 Å². The molecule has 0 bridgehead atoms. The van der Waals surface area contributed by atoms with E-state index in [0.29, 0.717) is 16.0 Å². The Morgan fingerprint density at radius 3 is 2.83 bits per heavy atom. The molecule has 36 heavy (non-hydrogen) atoms. The van der Waals surface area contributed by atoms with Crippen molar-refractivity contribution in [2.24, 2.45) is 0 Å². The van der Waals surface area contributed by atoms with Crippen molar-refractivity contribution in [2.75, 3.05) is 6.61 Å². The zero-order valence-corrected chi connectivity index (χ0v) is 20.4. The van der Waals surface area contributed by atoms with Crippen molar-refractivity contribution >= 4 is 23.2 Å². The summed E-state index contributed by atoms with van der Waals surface area (Å²) in [5.74, 6) is -0.775. The van der Waals surface area contributed by atoms with E-state index >= 15 is 0 Å². The molecule has 1 saturated carbocycles. The van der Waals surface area contributed by atoms with E-state index < -0.39 is 12.4 Å². The smallest absolute Gasteiger partial charge is 0.245 e. The summed E-state index contributed by atoms with van der Waals surface area (Å²) in [6.45, 7) is 1.52. The Balaban J connectivity index is 1.46. The summed E-state index contributed by atoms with van der Waals surface area (Å²) < 4.78 is 18.0. The highest BCUT2D eigenvalue weighted by Gasteiger charge is 2.26. The van der Waals surface area contributed by atoms with Crippen LogP contribution in [-0.2, 0) is 4.79 Å². The first kappa shape index (κ1) is 24.0. The predicted molar refractivity (Wildman–Crippen MR) is 131 cm³/mol. The van der Waals surface area contributed by atoms with Crippen molar-refractivity contribution < 1.29 is 14.3 Å². The normalized spacial score (nSPS) is 17.7. The van der Waals surface area contributed by atoms with Crippen molar-refractivity contribution in [3.05, 3.63) is 60.1 Å². The molecule has 1 amide bonds. The van der Waals surface area contributed by atoms with Gasteiger partial charge in [0.25, 0.3) is 0 Å². The van der Waals surface area contributed by atoms with Crippen LogP contribution in [0.15, 0.2) is 52.9 Å². The Morgan fingerprint density at radius 2 is 2.11 bits per heavy atom. The van der Waals surface area contributed by atoms with Crippen LogP contribution in [0.5, 0.6) is 0 Å². The summed E-state index contributed by atoms with van der Waals surface area (Å²) in [4.78, 5) is 16.3. The molecule has 184 valence electrons. The number of aromatic nitrogens is 5. The number of aliphatic hydroxyl groups excluding tert-OH is 1. The second-order valence-corrected chi connectivity index (χ2v) is 9.80. The number of amides is 1. The second-order valence-electron chi connectivity index (χ2n) is 8.77. The van der Waals surface area contributed by atoms with Gasteiger partial charge < -0.3 is 10.4 Å². The fourth-order valence-corrected chi connectivity index (χ4v) is 5.73. The molecule has 1 fully saturated rings. The van der Waals surface area contributed by atoms with Crippen LogP contribution >= 0.6 is 11.8 Å². The minimum absolute atomic E-state index is 0.0689. The average molecular weight is 506 g/mol. The Labute approximate surface area is 211 Å². The van der Waals surface area contributed by atoms with E-state index in [1.165, 1.54) is 24.5 Å². The average Bonchev–Trinajstić information content (AvgIpc) is 3.49. The van der Waals surface area contributed by atoms with Crippen molar-refractivity contribution in [2.45, 2.75) is 54.6 Å². The number of carbonyl (C=O) groups excluding carboxylic acids is 1. The van der Waals surface area contributed by atoms with Gasteiger partial charge in [0, 0.05) is 40.2 Å². The molecule has 0 spiro atoms. The first-order valence-corrected chi connectivity index (χ1v) is 12.4. The lowest BCUT2D eigenvalue weighted by atomic mass is 9.91. The number of hydrogen-bond donors (Lipinski definition) is 2. The van der Waals surface area contributed by atoms with Crippen molar-refractivity contribution in [1.82, 2.24) is 29.7 Å². The van der Waals surface area contributed by atoms with Crippen LogP contribution in [0.25, 0.3) is 16.6 Å². The van der Waals surface area contributed by atoms with Gasteiger partial charge in [0.1, 0.15) is 17.7 Å². The topological polar surface area (TPSA) is 121 Å². The third-order valence-electron chi connectivity index (χ3n) is 6.54. The van der Waals surface area contributed by atoms with Crippen LogP contribution in [0.1, 0.15) is 43.0 Å². The molecule has 0 unspecified atom stereocenters. The number of fused-ring (bicyclic) bond motifs is 1. The summed E-state index contributed by atoms with van der Waals surface area (Å²) in [7, 11) is 0. The van der Waals surface area contributed by atoms with Gasteiger partial charge in [-0.2, -0.15) is 15.5 Å². The number of carbonyl (C=O) groups is 1. The van der Waals surface area contributed by atoms with Crippen LogP contribution in [0.3, 0.4) is 0 Å². The maximum atomic E-state index is 14.4. The summed E-state index contributed by atoms with van der Waals surface area (Å²) in [6.07, 6.45) is 10.1. The number of nitriles is 1. The van der Waals surface area contributed by atoms with Crippen molar-refractivity contribution in [3.8, 4) is 17.2 Å². The van der Waals surface area contributed by atoms with Gasteiger partial charge in [-0.15, -0.1) is 0 Å². The van der Waals surface area contributed by atoms with Gasteiger partial charge in [-0.25, -0.2) is 13.9 Å². The Kier molecular flexibility index (Phi) is 6.71. The van der Waals surface area contributed by atoms with Gasteiger partial charge in [0.15, 0.2) is 5.82 Å². The number of nitrogens with zero attached hydrogens (tertiary/aromatic N) is 6. The van der Waals surface area contributed by atoms with E-state index in [9.17, 15) is 14.4 Å². The molecule has 0 aliphatic heterocycles. The Bertz CT molecular complexity index is 1470. The van der Waals surface area contributed by atoms with Crippen LogP contribution in [0.4, 0.5) is 4.39 Å². The lowest BCUT2D eigenvalue weighted by Gasteiger charge is -2.30. The maximum Gasteiger partial charge on any atom is 0.245 e. The van der Waals surface area contributed by atoms with E-state index in [1.54, 1.807) is 4.52 Å². The van der Waals surface area contributed by atoms with Crippen LogP contribution in [0.2, 0.25) is 0 Å². The quantitative estimate of drug-likeness (QED) is 0.410. The largest absolute Gasteiger partial charge is 0.387 e. The van der Waals surface area contributed by atoms with E-state index in [-0.39, 0.29) is 23.0 Å². The zero-order chi connectivity index (χ0) is 25.2. The number of hydrogen-bond acceptors (Lipinski definition) is 7. The van der Waals surface area contributed by atoms with Gasteiger partial charge >= 0.3 is 0 Å². The fraction of sp³-hybridized carbons (Fsp3) is 0.320. The molecule has 0 atom stereocenters. The van der Waals surface area contributed by atoms with Crippen LogP contribution < -0.4 is 5.32 Å². The molecule has 1 aliphatic carbocycles. The van der Waals surface area contributed by atoms with Gasteiger partial charge in [-0.1, -0.05) is 11.8 Å². The molecule has 2 N–H and O–H groups in total. The van der Waals surface area contributed by atoms with E-state index in [1.807, 2.05) is 30.1 Å². The molecule has 11 heteroatoms. The molecule has 4 aromatic rings. The molecular weight excluding hydrogens is 481 g/mol. The maximum absolute atomic E-state index is 14.4. The highest BCUT2D eigenvalue weighted by atomic mass is 32.2. The second kappa shape index (κ2) is 10.1. The monoisotopic (exact) mass is 505 g/mol. The highest BCUT2D eigenvalue weighted by Crippen LogP contribution is 2.37. The molecule has 9 nitrogen and oxygen atoms in total. The zero-order valence-electron chi connectivity index (χ0n) is 19.6. The van der Waals surface area contributed by atoms with Crippen LogP contribution in [0, 0.1) is 24.1 Å². The molecule has 4 heterocycles. The number of aliphatic hydroxyl groups is 1. The summed E-state index contributed by atoms with van der Waals surface area (Å²) in [5, 5.41) is 30.6. The first-order valence-electron chi connectivity index (χ1n) is 11.6. The van der Waals surface area contributed by atoms with Crippen LogP contribution in [-0.4, -0.2) is 48.0 Å². The minimum Gasteiger partial charge on any atom is -0.387 e. The van der Waals surface area contributed by atoms with E-state index in [0.717, 1.165) is 54.3 Å². The summed E-state index contributed by atoms with van der Waals surface area (Å²) >= 11 is 1.16. The van der Waals surface area contributed by atoms with Crippen molar-refractivity contribution in [1.29, 1.82) is 5.26 Å². The molecule has 0 aromatic carbocycles. The summed E-state index contributed by atoms with van der Waals surface area (Å²) in [6, 6.07) is 7.25. The molecular formula is C25H24FN7O2S. The number of nitrogens with one attached hydrogen (secondary N) is 1. The fourth-order valence-electron chi connectivity index (χ4n) is 4.75.